The Morgan fingerprint density at radius 3 is 2.50 bits per heavy atom. The number of nitrogens with one attached hydrogen (secondary N) is 1. The summed E-state index contributed by atoms with van der Waals surface area (Å²) in [5.41, 5.74) is 4.56. The third kappa shape index (κ3) is 4.64. The first-order valence-electron chi connectivity index (χ1n) is 7.24. The van der Waals surface area contributed by atoms with Gasteiger partial charge in [0.15, 0.2) is 6.61 Å². The lowest BCUT2D eigenvalue weighted by molar-refractivity contribution is -0.384. The molecule has 7 heteroatoms. The number of nitro benzene ring substituents is 1. The van der Waals surface area contributed by atoms with E-state index in [0.717, 1.165) is 5.56 Å². The molecule has 0 saturated heterocycles. The predicted octanol–water partition coefficient (Wildman–Crippen LogP) is 2.82. The summed E-state index contributed by atoms with van der Waals surface area (Å²) in [6, 6.07) is 13.3. The highest BCUT2D eigenvalue weighted by molar-refractivity contribution is 5.99. The van der Waals surface area contributed by atoms with Gasteiger partial charge in [0, 0.05) is 12.1 Å². The van der Waals surface area contributed by atoms with Crippen molar-refractivity contribution < 1.29 is 14.5 Å². The SMILES string of the molecule is CC(=NNC(=O)COc1ccccc1C)c1ccc([N+](=O)[O-])cc1. The summed E-state index contributed by atoms with van der Waals surface area (Å²) < 4.78 is 5.42. The number of hydrogen-bond acceptors (Lipinski definition) is 5. The number of non-ortho nitro benzene ring substituents is 1. The summed E-state index contributed by atoms with van der Waals surface area (Å²) in [6.45, 7) is 3.44. The fraction of sp³-hybridized carbons (Fsp3) is 0.176. The van der Waals surface area contributed by atoms with Crippen molar-refractivity contribution in [1.29, 1.82) is 0 Å². The quantitative estimate of drug-likeness (QED) is 0.501. The van der Waals surface area contributed by atoms with Gasteiger partial charge >= 0.3 is 0 Å². The van der Waals surface area contributed by atoms with Crippen molar-refractivity contribution in [1.82, 2.24) is 5.43 Å². The number of rotatable bonds is 6. The van der Waals surface area contributed by atoms with Crippen molar-refractivity contribution in [3.05, 3.63) is 69.8 Å². The minimum atomic E-state index is -0.471. The van der Waals surface area contributed by atoms with Gasteiger partial charge in [0.1, 0.15) is 5.75 Å². The van der Waals surface area contributed by atoms with Crippen LogP contribution in [0.4, 0.5) is 5.69 Å². The molecule has 0 aromatic heterocycles. The average Bonchev–Trinajstić information content (AvgIpc) is 2.59. The Kier molecular flexibility index (Phi) is 5.62. The van der Waals surface area contributed by atoms with E-state index in [1.54, 1.807) is 25.1 Å². The highest BCUT2D eigenvalue weighted by Crippen LogP contribution is 2.15. The van der Waals surface area contributed by atoms with Crippen LogP contribution in [0.25, 0.3) is 0 Å². The molecule has 7 nitrogen and oxygen atoms in total. The van der Waals surface area contributed by atoms with E-state index in [-0.39, 0.29) is 18.2 Å². The zero-order valence-electron chi connectivity index (χ0n) is 13.4. The third-order valence-electron chi connectivity index (χ3n) is 3.30. The van der Waals surface area contributed by atoms with Crippen molar-refractivity contribution >= 4 is 17.3 Å². The van der Waals surface area contributed by atoms with E-state index in [4.69, 9.17) is 4.74 Å². The van der Waals surface area contributed by atoms with Gasteiger partial charge in [-0.05, 0) is 43.2 Å². The highest BCUT2D eigenvalue weighted by Gasteiger charge is 2.07. The molecule has 0 aliphatic carbocycles. The van der Waals surface area contributed by atoms with E-state index in [1.165, 1.54) is 12.1 Å². The second kappa shape index (κ2) is 7.87. The number of hydrazone groups is 1. The molecule has 0 radical (unpaired) electrons. The van der Waals surface area contributed by atoms with Crippen molar-refractivity contribution in [2.24, 2.45) is 5.10 Å². The first-order valence-corrected chi connectivity index (χ1v) is 7.24. The second-order valence-corrected chi connectivity index (χ2v) is 5.09. The molecule has 1 N–H and O–H groups in total. The molecule has 24 heavy (non-hydrogen) atoms. The van der Waals surface area contributed by atoms with Gasteiger partial charge in [-0.15, -0.1) is 0 Å². The number of ether oxygens (including phenoxy) is 1. The van der Waals surface area contributed by atoms with Gasteiger partial charge in [0.2, 0.25) is 0 Å². The van der Waals surface area contributed by atoms with E-state index < -0.39 is 4.92 Å². The predicted molar refractivity (Wildman–Crippen MR) is 90.1 cm³/mol. The van der Waals surface area contributed by atoms with Crippen molar-refractivity contribution in [2.75, 3.05) is 6.61 Å². The van der Waals surface area contributed by atoms with Crippen molar-refractivity contribution in [3.63, 3.8) is 0 Å². The Morgan fingerprint density at radius 2 is 1.88 bits per heavy atom. The molecule has 0 unspecified atom stereocenters. The number of benzene rings is 2. The normalized spacial score (nSPS) is 11.0. The van der Waals surface area contributed by atoms with Crippen LogP contribution in [0.1, 0.15) is 18.1 Å². The molecule has 124 valence electrons. The van der Waals surface area contributed by atoms with E-state index >= 15 is 0 Å². The fourth-order valence-electron chi connectivity index (χ4n) is 1.93. The minimum Gasteiger partial charge on any atom is -0.483 e. The topological polar surface area (TPSA) is 93.8 Å². The summed E-state index contributed by atoms with van der Waals surface area (Å²) in [5.74, 6) is 0.253. The molecular weight excluding hydrogens is 310 g/mol. The van der Waals surface area contributed by atoms with Gasteiger partial charge in [0.05, 0.1) is 10.6 Å². The number of para-hydroxylation sites is 1. The van der Waals surface area contributed by atoms with Gasteiger partial charge in [0.25, 0.3) is 11.6 Å². The van der Waals surface area contributed by atoms with Gasteiger partial charge < -0.3 is 4.74 Å². The maximum absolute atomic E-state index is 11.8. The lowest BCUT2D eigenvalue weighted by Crippen LogP contribution is -2.25. The summed E-state index contributed by atoms with van der Waals surface area (Å²) in [7, 11) is 0. The van der Waals surface area contributed by atoms with Crippen LogP contribution < -0.4 is 10.2 Å². The van der Waals surface area contributed by atoms with E-state index in [0.29, 0.717) is 17.0 Å². The molecule has 0 spiro atoms. The number of aryl methyl sites for hydroxylation is 1. The molecule has 1 amide bonds. The van der Waals surface area contributed by atoms with Gasteiger partial charge in [-0.1, -0.05) is 18.2 Å². The van der Waals surface area contributed by atoms with Gasteiger partial charge in [-0.3, -0.25) is 14.9 Å². The van der Waals surface area contributed by atoms with Crippen LogP contribution in [0.3, 0.4) is 0 Å². The Hall–Kier alpha value is -3.22. The molecular formula is C17H17N3O4. The molecule has 0 saturated carbocycles. The highest BCUT2D eigenvalue weighted by atomic mass is 16.6. The molecule has 0 aliphatic rings. The lowest BCUT2D eigenvalue weighted by Gasteiger charge is -2.08. The molecule has 0 aliphatic heterocycles. The van der Waals surface area contributed by atoms with Crippen LogP contribution in [0.2, 0.25) is 0 Å². The van der Waals surface area contributed by atoms with E-state index in [2.05, 4.69) is 10.5 Å². The monoisotopic (exact) mass is 327 g/mol. The Bertz CT molecular complexity index is 770. The Balaban J connectivity index is 1.90. The van der Waals surface area contributed by atoms with Crippen LogP contribution in [0.15, 0.2) is 53.6 Å². The number of carbonyl (C=O) groups is 1. The minimum absolute atomic E-state index is 0.00205. The summed E-state index contributed by atoms with van der Waals surface area (Å²) in [6.07, 6.45) is 0. The van der Waals surface area contributed by atoms with Crippen LogP contribution in [0, 0.1) is 17.0 Å². The van der Waals surface area contributed by atoms with Crippen LogP contribution in [-0.4, -0.2) is 23.1 Å². The number of carbonyl (C=O) groups excluding carboxylic acids is 1. The van der Waals surface area contributed by atoms with Gasteiger partial charge in [-0.2, -0.15) is 5.10 Å². The zero-order valence-corrected chi connectivity index (χ0v) is 13.4. The molecule has 0 atom stereocenters. The van der Waals surface area contributed by atoms with Crippen LogP contribution in [0.5, 0.6) is 5.75 Å². The second-order valence-electron chi connectivity index (χ2n) is 5.09. The van der Waals surface area contributed by atoms with E-state index in [1.807, 2.05) is 25.1 Å². The maximum Gasteiger partial charge on any atom is 0.277 e. The maximum atomic E-state index is 11.8. The first-order chi connectivity index (χ1) is 11.5. The standard InChI is InChI=1S/C17H17N3O4/c1-12-5-3-4-6-16(12)24-11-17(21)19-18-13(2)14-7-9-15(10-8-14)20(22)23/h3-10H,11H2,1-2H3,(H,19,21). The summed E-state index contributed by atoms with van der Waals surface area (Å²) in [4.78, 5) is 21.9. The van der Waals surface area contributed by atoms with E-state index in [9.17, 15) is 14.9 Å². The number of hydrogen-bond donors (Lipinski definition) is 1. The molecule has 2 aromatic rings. The average molecular weight is 327 g/mol. The third-order valence-corrected chi connectivity index (χ3v) is 3.30. The Morgan fingerprint density at radius 1 is 1.21 bits per heavy atom. The fourth-order valence-corrected chi connectivity index (χ4v) is 1.93. The van der Waals surface area contributed by atoms with Crippen molar-refractivity contribution in [2.45, 2.75) is 13.8 Å². The van der Waals surface area contributed by atoms with Crippen LogP contribution >= 0.6 is 0 Å². The number of amides is 1. The number of nitrogens with zero attached hydrogens (tertiary/aromatic N) is 2. The molecule has 0 fully saturated rings. The van der Waals surface area contributed by atoms with Crippen LogP contribution in [-0.2, 0) is 4.79 Å². The molecule has 2 aromatic carbocycles. The first kappa shape index (κ1) is 17.1. The van der Waals surface area contributed by atoms with Crippen molar-refractivity contribution in [3.8, 4) is 5.75 Å². The molecule has 0 heterocycles. The molecule has 2 rings (SSSR count). The zero-order chi connectivity index (χ0) is 17.5. The number of nitro groups is 1. The van der Waals surface area contributed by atoms with Gasteiger partial charge in [-0.25, -0.2) is 5.43 Å². The summed E-state index contributed by atoms with van der Waals surface area (Å²) >= 11 is 0. The summed E-state index contributed by atoms with van der Waals surface area (Å²) in [5, 5.41) is 14.6. The lowest BCUT2D eigenvalue weighted by atomic mass is 10.1. The largest absolute Gasteiger partial charge is 0.483 e. The Labute approximate surface area is 139 Å². The molecule has 0 bridgehead atoms. The smallest absolute Gasteiger partial charge is 0.277 e.